The molecular formula is C16H20FNO4. The molecular weight excluding hydrogens is 289 g/mol. The van der Waals surface area contributed by atoms with E-state index in [1.165, 1.54) is 12.1 Å². The maximum Gasteiger partial charge on any atom is 0.307 e. The number of aliphatic carboxylic acids is 1. The van der Waals surface area contributed by atoms with Gasteiger partial charge in [0.15, 0.2) is 0 Å². The van der Waals surface area contributed by atoms with Gasteiger partial charge in [0.25, 0.3) is 0 Å². The van der Waals surface area contributed by atoms with Crippen LogP contribution in [0.5, 0.6) is 5.75 Å². The maximum absolute atomic E-state index is 12.7. The molecule has 1 amide bonds. The molecule has 5 nitrogen and oxygen atoms in total. The van der Waals surface area contributed by atoms with Gasteiger partial charge in [-0.15, -0.1) is 0 Å². The third-order valence-electron chi connectivity index (χ3n) is 3.88. The lowest BCUT2D eigenvalue weighted by Gasteiger charge is -2.31. The molecule has 1 aromatic carbocycles. The number of benzene rings is 1. The number of amides is 1. The molecule has 120 valence electrons. The molecule has 0 spiro atoms. The van der Waals surface area contributed by atoms with Crippen LogP contribution in [0, 0.1) is 17.7 Å². The highest BCUT2D eigenvalue weighted by Crippen LogP contribution is 2.34. The van der Waals surface area contributed by atoms with Crippen LogP contribution in [-0.4, -0.2) is 30.1 Å². The lowest BCUT2D eigenvalue weighted by Crippen LogP contribution is -2.44. The molecule has 22 heavy (non-hydrogen) atoms. The van der Waals surface area contributed by atoms with Gasteiger partial charge in [0.05, 0.1) is 18.4 Å². The summed E-state index contributed by atoms with van der Waals surface area (Å²) >= 11 is 0. The number of carboxylic acids is 1. The molecule has 1 fully saturated rings. The predicted octanol–water partition coefficient (Wildman–Crippen LogP) is 2.21. The summed E-state index contributed by atoms with van der Waals surface area (Å²) in [6, 6.07) is 5.82. The fraction of sp³-hybridized carbons (Fsp3) is 0.500. The first-order valence-electron chi connectivity index (χ1n) is 7.47. The minimum Gasteiger partial charge on any atom is -0.494 e. The van der Waals surface area contributed by atoms with Crippen molar-refractivity contribution in [3.63, 3.8) is 0 Å². The highest BCUT2D eigenvalue weighted by Gasteiger charge is 2.41. The Hall–Kier alpha value is -2.11. The summed E-state index contributed by atoms with van der Waals surface area (Å²) in [5.41, 5.74) is 0. The molecule has 6 heteroatoms. The number of unbranched alkanes of at least 4 members (excludes halogenated alkanes) is 1. The van der Waals surface area contributed by atoms with Crippen LogP contribution in [0.15, 0.2) is 24.3 Å². The summed E-state index contributed by atoms with van der Waals surface area (Å²) in [5.74, 6) is -1.65. The highest BCUT2D eigenvalue weighted by molar-refractivity contribution is 5.86. The van der Waals surface area contributed by atoms with E-state index >= 15 is 0 Å². The molecule has 1 aliphatic carbocycles. The van der Waals surface area contributed by atoms with Gasteiger partial charge >= 0.3 is 5.97 Å². The first-order chi connectivity index (χ1) is 10.6. The van der Waals surface area contributed by atoms with Crippen molar-refractivity contribution in [2.75, 3.05) is 13.2 Å². The van der Waals surface area contributed by atoms with E-state index in [0.717, 1.165) is 12.8 Å². The molecule has 2 atom stereocenters. The lowest BCUT2D eigenvalue weighted by atomic mass is 9.73. The Kier molecular flexibility index (Phi) is 5.75. The van der Waals surface area contributed by atoms with Crippen LogP contribution in [0.2, 0.25) is 0 Å². The molecule has 0 heterocycles. The van der Waals surface area contributed by atoms with Crippen LogP contribution < -0.4 is 10.1 Å². The third-order valence-corrected chi connectivity index (χ3v) is 3.88. The molecule has 0 bridgehead atoms. The van der Waals surface area contributed by atoms with E-state index < -0.39 is 11.9 Å². The summed E-state index contributed by atoms with van der Waals surface area (Å²) in [6.07, 6.45) is 2.73. The first kappa shape index (κ1) is 16.3. The van der Waals surface area contributed by atoms with Crippen LogP contribution in [0.3, 0.4) is 0 Å². The summed E-state index contributed by atoms with van der Waals surface area (Å²) in [6.45, 7) is 0.997. The van der Waals surface area contributed by atoms with Crippen LogP contribution in [-0.2, 0) is 9.59 Å². The standard InChI is InChI=1S/C16H20FNO4/c17-11-3-5-12(6-4-11)22-10-2-1-9-18-15(19)13-7-8-14(13)16(20)21/h3-6,13-14H,1-2,7-10H2,(H,18,19)(H,20,21). The summed E-state index contributed by atoms with van der Waals surface area (Å²) < 4.78 is 18.1. The number of carbonyl (C=O) groups is 2. The molecule has 2 unspecified atom stereocenters. The van der Waals surface area contributed by atoms with Gasteiger partial charge in [0.2, 0.25) is 5.91 Å². The number of ether oxygens (including phenoxy) is 1. The second kappa shape index (κ2) is 7.77. The Balaban J connectivity index is 1.55. The third kappa shape index (κ3) is 4.44. The average Bonchev–Trinajstić information content (AvgIpc) is 2.42. The largest absolute Gasteiger partial charge is 0.494 e. The van der Waals surface area contributed by atoms with E-state index in [0.29, 0.717) is 31.7 Å². The number of hydrogen-bond acceptors (Lipinski definition) is 3. The summed E-state index contributed by atoms with van der Waals surface area (Å²) in [5, 5.41) is 11.7. The van der Waals surface area contributed by atoms with E-state index in [2.05, 4.69) is 5.32 Å². The molecule has 1 aliphatic rings. The second-order valence-corrected chi connectivity index (χ2v) is 5.43. The Morgan fingerprint density at radius 3 is 2.45 bits per heavy atom. The van der Waals surface area contributed by atoms with Gasteiger partial charge in [0.1, 0.15) is 11.6 Å². The lowest BCUT2D eigenvalue weighted by molar-refractivity contribution is -0.152. The van der Waals surface area contributed by atoms with Gasteiger partial charge in [-0.3, -0.25) is 9.59 Å². The van der Waals surface area contributed by atoms with E-state index in [1.54, 1.807) is 12.1 Å². The minimum absolute atomic E-state index is 0.168. The molecule has 0 saturated heterocycles. The topological polar surface area (TPSA) is 75.6 Å². The molecule has 0 aliphatic heterocycles. The zero-order chi connectivity index (χ0) is 15.9. The summed E-state index contributed by atoms with van der Waals surface area (Å²) in [4.78, 5) is 22.6. The average molecular weight is 309 g/mol. The van der Waals surface area contributed by atoms with Gasteiger partial charge in [-0.1, -0.05) is 0 Å². The van der Waals surface area contributed by atoms with Crippen LogP contribution >= 0.6 is 0 Å². The number of halogens is 1. The molecule has 0 radical (unpaired) electrons. The number of nitrogens with one attached hydrogen (secondary N) is 1. The van der Waals surface area contributed by atoms with Crippen LogP contribution in [0.1, 0.15) is 25.7 Å². The van der Waals surface area contributed by atoms with Crippen LogP contribution in [0.25, 0.3) is 0 Å². The van der Waals surface area contributed by atoms with E-state index in [9.17, 15) is 14.0 Å². The fourth-order valence-corrected chi connectivity index (χ4v) is 2.40. The van der Waals surface area contributed by atoms with Crippen molar-refractivity contribution in [1.29, 1.82) is 0 Å². The Morgan fingerprint density at radius 2 is 1.86 bits per heavy atom. The van der Waals surface area contributed by atoms with E-state index in [-0.39, 0.29) is 17.6 Å². The number of carboxylic acid groups (broad SMARTS) is 1. The van der Waals surface area contributed by atoms with Crippen molar-refractivity contribution in [2.24, 2.45) is 11.8 Å². The van der Waals surface area contributed by atoms with Crippen molar-refractivity contribution in [2.45, 2.75) is 25.7 Å². The zero-order valence-electron chi connectivity index (χ0n) is 12.3. The maximum atomic E-state index is 12.7. The van der Waals surface area contributed by atoms with Crippen LogP contribution in [0.4, 0.5) is 4.39 Å². The van der Waals surface area contributed by atoms with Gasteiger partial charge in [-0.25, -0.2) is 4.39 Å². The fourth-order valence-electron chi connectivity index (χ4n) is 2.40. The monoisotopic (exact) mass is 309 g/mol. The summed E-state index contributed by atoms with van der Waals surface area (Å²) in [7, 11) is 0. The SMILES string of the molecule is O=C(O)C1CCC1C(=O)NCCCCOc1ccc(F)cc1. The molecule has 2 rings (SSSR count). The predicted molar refractivity (Wildman–Crippen MR) is 78.0 cm³/mol. The van der Waals surface area contributed by atoms with E-state index in [4.69, 9.17) is 9.84 Å². The minimum atomic E-state index is -0.890. The zero-order valence-corrected chi connectivity index (χ0v) is 12.3. The normalized spacial score (nSPS) is 20.0. The molecule has 2 N–H and O–H groups in total. The van der Waals surface area contributed by atoms with Gasteiger partial charge in [0, 0.05) is 6.54 Å². The quantitative estimate of drug-likeness (QED) is 0.722. The number of carbonyl (C=O) groups excluding carboxylic acids is 1. The van der Waals surface area contributed by atoms with E-state index in [1.807, 2.05) is 0 Å². The Morgan fingerprint density at radius 1 is 1.18 bits per heavy atom. The van der Waals surface area contributed by atoms with Gasteiger partial charge in [-0.2, -0.15) is 0 Å². The van der Waals surface area contributed by atoms with Crippen molar-refractivity contribution < 1.29 is 23.8 Å². The van der Waals surface area contributed by atoms with Gasteiger partial charge in [-0.05, 0) is 49.9 Å². The van der Waals surface area contributed by atoms with Crippen molar-refractivity contribution in [3.8, 4) is 5.75 Å². The second-order valence-electron chi connectivity index (χ2n) is 5.43. The van der Waals surface area contributed by atoms with Crippen molar-refractivity contribution in [1.82, 2.24) is 5.32 Å². The van der Waals surface area contributed by atoms with Crippen molar-refractivity contribution in [3.05, 3.63) is 30.1 Å². The smallest absolute Gasteiger partial charge is 0.307 e. The Bertz CT molecular complexity index is 517. The number of rotatable bonds is 8. The van der Waals surface area contributed by atoms with Crippen molar-refractivity contribution >= 4 is 11.9 Å². The first-order valence-corrected chi connectivity index (χ1v) is 7.47. The Labute approximate surface area is 128 Å². The van der Waals surface area contributed by atoms with Gasteiger partial charge < -0.3 is 15.2 Å². The molecule has 1 aromatic rings. The number of hydrogen-bond donors (Lipinski definition) is 2. The molecule has 0 aromatic heterocycles. The molecule has 1 saturated carbocycles. The highest BCUT2D eigenvalue weighted by atomic mass is 19.1.